The van der Waals surface area contributed by atoms with E-state index < -0.39 is 0 Å². The lowest BCUT2D eigenvalue weighted by Crippen LogP contribution is -2.10. The predicted molar refractivity (Wildman–Crippen MR) is 217 cm³/mol. The molecule has 0 saturated carbocycles. The zero-order valence-electron chi connectivity index (χ0n) is 33.1. The normalized spacial score (nSPS) is 12.0. The van der Waals surface area contributed by atoms with Gasteiger partial charge in [-0.05, 0) is 55.5 Å². The van der Waals surface area contributed by atoms with Gasteiger partial charge >= 0.3 is 5.97 Å². The molecule has 0 aromatic heterocycles. The summed E-state index contributed by atoms with van der Waals surface area (Å²) >= 11 is 0. The van der Waals surface area contributed by atoms with Crippen LogP contribution < -0.4 is 4.74 Å². The molecular formula is C47H78O3. The molecular weight excluding hydrogens is 613 g/mol. The van der Waals surface area contributed by atoms with Gasteiger partial charge in [-0.15, -0.1) is 0 Å². The van der Waals surface area contributed by atoms with Crippen LogP contribution in [-0.4, -0.2) is 12.6 Å². The number of esters is 1. The number of para-hydroxylation sites is 1. The van der Waals surface area contributed by atoms with Gasteiger partial charge in [-0.3, -0.25) is 0 Å². The lowest BCUT2D eigenvalue weighted by Gasteiger charge is -2.14. The summed E-state index contributed by atoms with van der Waals surface area (Å²) in [5.74, 6) is 0.401. The molecule has 0 fully saturated rings. The number of carbonyl (C=O) groups excluding carboxylic acids is 1. The van der Waals surface area contributed by atoms with Crippen LogP contribution >= 0.6 is 0 Å². The van der Waals surface area contributed by atoms with Crippen LogP contribution in [0.4, 0.5) is 0 Å². The van der Waals surface area contributed by atoms with Gasteiger partial charge in [0.2, 0.25) is 0 Å². The Balaban J connectivity index is 1.49. The number of carbonyl (C=O) groups is 1. The van der Waals surface area contributed by atoms with E-state index >= 15 is 0 Å². The summed E-state index contributed by atoms with van der Waals surface area (Å²) in [5, 5.41) is 0. The molecule has 0 N–H and O–H groups in total. The van der Waals surface area contributed by atoms with Gasteiger partial charge < -0.3 is 9.47 Å². The Bertz CT molecular complexity index is 1040. The van der Waals surface area contributed by atoms with E-state index in [1.807, 2.05) is 42.5 Å². The maximum atomic E-state index is 13.0. The van der Waals surface area contributed by atoms with Crippen molar-refractivity contribution in [2.75, 3.05) is 6.61 Å². The second kappa shape index (κ2) is 31.6. The van der Waals surface area contributed by atoms with Crippen LogP contribution in [0.2, 0.25) is 0 Å². The quantitative estimate of drug-likeness (QED) is 0.0416. The Kier molecular flexibility index (Phi) is 27.8. The summed E-state index contributed by atoms with van der Waals surface area (Å²) in [6.07, 6.45) is 39.2. The number of hydrogen-bond donors (Lipinski definition) is 0. The molecule has 0 aliphatic rings. The van der Waals surface area contributed by atoms with Crippen molar-refractivity contribution in [3.63, 3.8) is 0 Å². The van der Waals surface area contributed by atoms with Gasteiger partial charge in [-0.25, -0.2) is 4.79 Å². The molecule has 2 aromatic carbocycles. The van der Waals surface area contributed by atoms with Crippen molar-refractivity contribution in [2.45, 2.75) is 213 Å². The first kappa shape index (κ1) is 44.0. The third-order valence-corrected chi connectivity index (χ3v) is 10.5. The average molecular weight is 691 g/mol. The molecule has 50 heavy (non-hydrogen) atoms. The topological polar surface area (TPSA) is 35.5 Å². The molecule has 0 spiro atoms. The Morgan fingerprint density at radius 2 is 0.900 bits per heavy atom. The van der Waals surface area contributed by atoms with Gasteiger partial charge in [0.15, 0.2) is 0 Å². The third kappa shape index (κ3) is 22.6. The van der Waals surface area contributed by atoms with Crippen LogP contribution in [0.3, 0.4) is 0 Å². The highest BCUT2D eigenvalue weighted by Gasteiger charge is 2.13. The molecule has 0 amide bonds. The minimum atomic E-state index is -0.292. The van der Waals surface area contributed by atoms with Gasteiger partial charge in [-0.2, -0.15) is 0 Å². The average Bonchev–Trinajstić information content (AvgIpc) is 3.14. The van der Waals surface area contributed by atoms with Crippen molar-refractivity contribution in [3.8, 4) is 5.75 Å². The SMILES string of the molecule is CCCCCCCCCCCCCCCCCCCCOC(C)c1ccc(C(=O)Oc2ccccc2CCCCCCCCCCCC)cc1. The summed E-state index contributed by atoms with van der Waals surface area (Å²) in [6.45, 7) is 7.46. The highest BCUT2D eigenvalue weighted by molar-refractivity contribution is 5.91. The van der Waals surface area contributed by atoms with E-state index in [0.717, 1.165) is 37.0 Å². The number of rotatable bonds is 34. The van der Waals surface area contributed by atoms with Crippen LogP contribution in [0.15, 0.2) is 48.5 Å². The Hall–Kier alpha value is -2.13. The van der Waals surface area contributed by atoms with Crippen LogP contribution in [0.25, 0.3) is 0 Å². The second-order valence-electron chi connectivity index (χ2n) is 15.1. The van der Waals surface area contributed by atoms with E-state index in [2.05, 4.69) is 26.8 Å². The monoisotopic (exact) mass is 691 g/mol. The minimum absolute atomic E-state index is 0.0210. The van der Waals surface area contributed by atoms with Crippen LogP contribution in [0.5, 0.6) is 5.75 Å². The molecule has 1 unspecified atom stereocenters. The zero-order valence-corrected chi connectivity index (χ0v) is 33.1. The van der Waals surface area contributed by atoms with Crippen LogP contribution in [0, 0.1) is 0 Å². The number of benzene rings is 2. The second-order valence-corrected chi connectivity index (χ2v) is 15.1. The molecule has 0 bridgehead atoms. The van der Waals surface area contributed by atoms with Crippen LogP contribution in [0.1, 0.15) is 228 Å². The lowest BCUT2D eigenvalue weighted by atomic mass is 10.0. The summed E-state index contributed by atoms with van der Waals surface area (Å²) in [6, 6.07) is 15.8. The van der Waals surface area contributed by atoms with E-state index in [9.17, 15) is 4.79 Å². The Labute approximate surface area is 310 Å². The minimum Gasteiger partial charge on any atom is -0.423 e. The number of unbranched alkanes of at least 4 members (excludes halogenated alkanes) is 26. The van der Waals surface area contributed by atoms with Crippen LogP contribution in [-0.2, 0) is 11.2 Å². The molecule has 0 heterocycles. The number of aryl methyl sites for hydroxylation is 1. The van der Waals surface area contributed by atoms with Crippen molar-refractivity contribution >= 4 is 5.97 Å². The molecule has 284 valence electrons. The molecule has 3 heteroatoms. The molecule has 2 rings (SSSR count). The summed E-state index contributed by atoms with van der Waals surface area (Å²) in [5.41, 5.74) is 2.81. The molecule has 0 radical (unpaired) electrons. The summed E-state index contributed by atoms with van der Waals surface area (Å²) in [7, 11) is 0. The lowest BCUT2D eigenvalue weighted by molar-refractivity contribution is 0.0626. The predicted octanol–water partition coefficient (Wildman–Crippen LogP) is 15.5. The smallest absolute Gasteiger partial charge is 0.343 e. The Morgan fingerprint density at radius 1 is 0.500 bits per heavy atom. The van der Waals surface area contributed by atoms with E-state index in [1.54, 1.807) is 0 Å². The van der Waals surface area contributed by atoms with E-state index in [0.29, 0.717) is 11.3 Å². The first-order chi connectivity index (χ1) is 24.7. The molecule has 3 nitrogen and oxygen atoms in total. The molecule has 0 aliphatic carbocycles. The maximum Gasteiger partial charge on any atom is 0.343 e. The van der Waals surface area contributed by atoms with Gasteiger partial charge in [0, 0.05) is 6.61 Å². The van der Waals surface area contributed by atoms with Crippen molar-refractivity contribution < 1.29 is 14.3 Å². The molecule has 0 aliphatic heterocycles. The standard InChI is InChI=1S/C47H78O3/c1-4-6-8-10-12-14-16-17-18-19-20-21-22-23-25-27-29-33-41-49-42(3)43-37-39-45(40-38-43)47(48)50-46-36-32-31-35-44(46)34-30-28-26-24-15-13-11-9-7-5-2/h31-32,35-40,42H,4-30,33-34,41H2,1-3H3. The molecule has 0 saturated heterocycles. The fourth-order valence-electron chi connectivity index (χ4n) is 7.02. The van der Waals surface area contributed by atoms with Gasteiger partial charge in [-0.1, -0.05) is 211 Å². The van der Waals surface area contributed by atoms with Crippen molar-refractivity contribution in [1.29, 1.82) is 0 Å². The summed E-state index contributed by atoms with van der Waals surface area (Å²) < 4.78 is 12.0. The van der Waals surface area contributed by atoms with Gasteiger partial charge in [0.1, 0.15) is 5.75 Å². The van der Waals surface area contributed by atoms with E-state index in [1.165, 1.54) is 167 Å². The maximum absolute atomic E-state index is 13.0. The van der Waals surface area contributed by atoms with Crippen molar-refractivity contribution in [3.05, 3.63) is 65.2 Å². The highest BCUT2D eigenvalue weighted by Crippen LogP contribution is 2.24. The fourth-order valence-corrected chi connectivity index (χ4v) is 7.02. The Morgan fingerprint density at radius 3 is 1.36 bits per heavy atom. The first-order valence-corrected chi connectivity index (χ1v) is 21.7. The highest BCUT2D eigenvalue weighted by atomic mass is 16.5. The van der Waals surface area contributed by atoms with Crippen molar-refractivity contribution in [1.82, 2.24) is 0 Å². The first-order valence-electron chi connectivity index (χ1n) is 21.7. The fraction of sp³-hybridized carbons (Fsp3) is 0.723. The van der Waals surface area contributed by atoms with Crippen molar-refractivity contribution in [2.24, 2.45) is 0 Å². The number of hydrogen-bond acceptors (Lipinski definition) is 3. The zero-order chi connectivity index (χ0) is 35.7. The molecule has 1 atom stereocenters. The van der Waals surface area contributed by atoms with E-state index in [-0.39, 0.29) is 12.1 Å². The van der Waals surface area contributed by atoms with Gasteiger partial charge in [0.05, 0.1) is 11.7 Å². The largest absolute Gasteiger partial charge is 0.423 e. The molecule has 2 aromatic rings. The third-order valence-electron chi connectivity index (χ3n) is 10.5. The van der Waals surface area contributed by atoms with Gasteiger partial charge in [0.25, 0.3) is 0 Å². The van der Waals surface area contributed by atoms with E-state index in [4.69, 9.17) is 9.47 Å². The number of ether oxygens (including phenoxy) is 2. The summed E-state index contributed by atoms with van der Waals surface area (Å²) in [4.78, 5) is 13.0.